The first-order valence-electron chi connectivity index (χ1n) is 7.09. The van der Waals surface area contributed by atoms with Crippen LogP contribution in [-0.2, 0) is 4.79 Å². The van der Waals surface area contributed by atoms with Crippen molar-refractivity contribution < 1.29 is 9.53 Å². The molecule has 0 saturated heterocycles. The second-order valence-corrected chi connectivity index (χ2v) is 6.54. The van der Waals surface area contributed by atoms with Crippen LogP contribution in [0, 0.1) is 0 Å². The van der Waals surface area contributed by atoms with E-state index < -0.39 is 6.04 Å². The van der Waals surface area contributed by atoms with Crippen molar-refractivity contribution >= 4 is 41.7 Å². The van der Waals surface area contributed by atoms with Gasteiger partial charge in [-0.15, -0.1) is 12.4 Å². The minimum absolute atomic E-state index is 0. The fraction of sp³-hybridized carbons (Fsp3) is 0.533. The van der Waals surface area contributed by atoms with Gasteiger partial charge in [-0.2, -0.15) is 11.8 Å². The molecule has 0 aromatic heterocycles. The van der Waals surface area contributed by atoms with Gasteiger partial charge < -0.3 is 15.8 Å². The van der Waals surface area contributed by atoms with E-state index >= 15 is 0 Å². The van der Waals surface area contributed by atoms with Crippen LogP contribution < -0.4 is 15.8 Å². The number of amides is 1. The molecule has 0 bridgehead atoms. The van der Waals surface area contributed by atoms with Gasteiger partial charge in [0.1, 0.15) is 5.75 Å². The van der Waals surface area contributed by atoms with Gasteiger partial charge in [0, 0.05) is 10.6 Å². The third-order valence-corrected chi connectivity index (χ3v) is 4.41. The predicted octanol–water partition coefficient (Wildman–Crippen LogP) is 3.17. The highest BCUT2D eigenvalue weighted by atomic mass is 35.5. The van der Waals surface area contributed by atoms with E-state index in [2.05, 4.69) is 5.32 Å². The Balaban J connectivity index is 0.00000242. The summed E-state index contributed by atoms with van der Waals surface area (Å²) in [6, 6.07) is 5.02. The van der Waals surface area contributed by atoms with Crippen molar-refractivity contribution in [3.63, 3.8) is 0 Å². The van der Waals surface area contributed by atoms with E-state index in [1.807, 2.05) is 18.4 Å². The number of ether oxygens (including phenoxy) is 1. The average molecular weight is 365 g/mol. The number of nitrogens with one attached hydrogen (secondary N) is 1. The van der Waals surface area contributed by atoms with Crippen LogP contribution in [0.2, 0.25) is 5.02 Å². The Morgan fingerprint density at radius 2 is 2.36 bits per heavy atom. The molecule has 3 N–H and O–H groups in total. The van der Waals surface area contributed by atoms with E-state index in [1.165, 1.54) is 0 Å². The maximum absolute atomic E-state index is 12.2. The highest BCUT2D eigenvalue weighted by Crippen LogP contribution is 2.33. The highest BCUT2D eigenvalue weighted by Gasteiger charge is 2.23. The normalized spacial score (nSPS) is 18.2. The third kappa shape index (κ3) is 5.23. The van der Waals surface area contributed by atoms with Gasteiger partial charge in [-0.05, 0) is 43.4 Å². The van der Waals surface area contributed by atoms with Crippen LogP contribution in [0.4, 0.5) is 0 Å². The lowest BCUT2D eigenvalue weighted by Gasteiger charge is -2.21. The Labute approximate surface area is 146 Å². The molecule has 1 amide bonds. The molecule has 0 radical (unpaired) electrons. The number of hydrogen-bond donors (Lipinski definition) is 2. The minimum atomic E-state index is -0.461. The molecule has 0 spiro atoms. The summed E-state index contributed by atoms with van der Waals surface area (Å²) in [4.78, 5) is 12.2. The first-order chi connectivity index (χ1) is 10.1. The number of thioether (sulfide) groups is 1. The van der Waals surface area contributed by atoms with E-state index in [4.69, 9.17) is 22.1 Å². The fourth-order valence-electron chi connectivity index (χ4n) is 2.35. The number of hydrogen-bond acceptors (Lipinski definition) is 4. The van der Waals surface area contributed by atoms with Crippen LogP contribution in [0.3, 0.4) is 0 Å². The van der Waals surface area contributed by atoms with Gasteiger partial charge in [0.05, 0.1) is 18.7 Å². The van der Waals surface area contributed by atoms with E-state index in [-0.39, 0.29) is 24.4 Å². The largest absolute Gasteiger partial charge is 0.493 e. The molecule has 0 saturated carbocycles. The second kappa shape index (κ2) is 9.50. The zero-order valence-electron chi connectivity index (χ0n) is 12.5. The topological polar surface area (TPSA) is 64.4 Å². The van der Waals surface area contributed by atoms with Crippen LogP contribution in [0.1, 0.15) is 30.9 Å². The maximum Gasteiger partial charge on any atom is 0.237 e. The van der Waals surface area contributed by atoms with Crippen molar-refractivity contribution in [3.05, 3.63) is 28.8 Å². The standard InChI is InChI=1S/C15H21ClN2O2S.ClH/c1-21-8-6-12(17)15(19)18-13-3-2-7-20-14-9-10(16)4-5-11(13)14;/h4-5,9,12-13H,2-3,6-8,17H2,1H3,(H,18,19);1H. The molecule has 0 fully saturated rings. The van der Waals surface area contributed by atoms with Crippen molar-refractivity contribution in [2.24, 2.45) is 5.73 Å². The predicted molar refractivity (Wildman–Crippen MR) is 95.3 cm³/mol. The second-order valence-electron chi connectivity index (χ2n) is 5.12. The molecule has 2 atom stereocenters. The zero-order chi connectivity index (χ0) is 15.2. The van der Waals surface area contributed by atoms with Gasteiger partial charge in [-0.3, -0.25) is 4.79 Å². The summed E-state index contributed by atoms with van der Waals surface area (Å²) in [6.07, 6.45) is 4.42. The third-order valence-electron chi connectivity index (χ3n) is 3.53. The summed E-state index contributed by atoms with van der Waals surface area (Å²) < 4.78 is 5.70. The molecule has 124 valence electrons. The molecular weight excluding hydrogens is 343 g/mol. The summed E-state index contributed by atoms with van der Waals surface area (Å²) in [5.41, 5.74) is 6.90. The summed E-state index contributed by atoms with van der Waals surface area (Å²) in [5.74, 6) is 1.54. The Morgan fingerprint density at radius 3 is 3.09 bits per heavy atom. The number of benzene rings is 1. The van der Waals surface area contributed by atoms with Gasteiger partial charge >= 0.3 is 0 Å². The first-order valence-corrected chi connectivity index (χ1v) is 8.86. The van der Waals surface area contributed by atoms with Gasteiger partial charge in [0.15, 0.2) is 0 Å². The molecule has 1 aliphatic rings. The van der Waals surface area contributed by atoms with Crippen molar-refractivity contribution in [2.75, 3.05) is 18.6 Å². The number of halogens is 2. The zero-order valence-corrected chi connectivity index (χ0v) is 14.9. The molecule has 1 aliphatic heterocycles. The summed E-state index contributed by atoms with van der Waals surface area (Å²) in [5, 5.41) is 3.68. The fourth-order valence-corrected chi connectivity index (χ4v) is 3.00. The van der Waals surface area contributed by atoms with Crippen molar-refractivity contribution in [1.29, 1.82) is 0 Å². The van der Waals surface area contributed by atoms with Crippen molar-refractivity contribution in [3.8, 4) is 5.75 Å². The van der Waals surface area contributed by atoms with Gasteiger partial charge in [0.2, 0.25) is 5.91 Å². The van der Waals surface area contributed by atoms with E-state index in [0.717, 1.165) is 29.9 Å². The monoisotopic (exact) mass is 364 g/mol. The Hall–Kier alpha value is -0.620. The number of rotatable bonds is 5. The van der Waals surface area contributed by atoms with Crippen molar-refractivity contribution in [1.82, 2.24) is 5.32 Å². The van der Waals surface area contributed by atoms with Gasteiger partial charge in [-0.1, -0.05) is 17.7 Å². The van der Waals surface area contributed by atoms with E-state index in [1.54, 1.807) is 17.8 Å². The Bertz CT molecular complexity index is 502. The molecule has 2 unspecified atom stereocenters. The molecular formula is C15H22Cl2N2O2S. The quantitative estimate of drug-likeness (QED) is 0.841. The van der Waals surface area contributed by atoms with Crippen LogP contribution in [0.15, 0.2) is 18.2 Å². The van der Waals surface area contributed by atoms with E-state index in [0.29, 0.717) is 18.1 Å². The van der Waals surface area contributed by atoms with Crippen LogP contribution in [0.5, 0.6) is 5.75 Å². The summed E-state index contributed by atoms with van der Waals surface area (Å²) in [6.45, 7) is 0.637. The summed E-state index contributed by atoms with van der Waals surface area (Å²) in [7, 11) is 0. The molecule has 4 nitrogen and oxygen atoms in total. The van der Waals surface area contributed by atoms with Gasteiger partial charge in [-0.25, -0.2) is 0 Å². The highest BCUT2D eigenvalue weighted by molar-refractivity contribution is 7.98. The smallest absolute Gasteiger partial charge is 0.237 e. The van der Waals surface area contributed by atoms with Gasteiger partial charge in [0.25, 0.3) is 0 Å². The number of fused-ring (bicyclic) bond motifs is 1. The first kappa shape index (κ1) is 19.4. The molecule has 1 heterocycles. The molecule has 0 aliphatic carbocycles. The number of nitrogens with two attached hydrogens (primary N) is 1. The van der Waals surface area contributed by atoms with Crippen molar-refractivity contribution in [2.45, 2.75) is 31.3 Å². The Kier molecular flexibility index (Phi) is 8.39. The molecule has 7 heteroatoms. The molecule has 1 aromatic rings. The number of carbonyl (C=O) groups excluding carboxylic acids is 1. The minimum Gasteiger partial charge on any atom is -0.493 e. The van der Waals surface area contributed by atoms with Crippen LogP contribution in [-0.4, -0.2) is 30.6 Å². The SMILES string of the molecule is CSCCC(N)C(=O)NC1CCCOc2cc(Cl)ccc21.Cl. The molecule has 1 aromatic carbocycles. The molecule has 2 rings (SSSR count). The maximum atomic E-state index is 12.2. The van der Waals surface area contributed by atoms with E-state index in [9.17, 15) is 4.79 Å². The average Bonchev–Trinajstić information content (AvgIpc) is 2.66. The van der Waals surface area contributed by atoms with Crippen LogP contribution >= 0.6 is 35.8 Å². The van der Waals surface area contributed by atoms with Crippen LogP contribution in [0.25, 0.3) is 0 Å². The lowest BCUT2D eigenvalue weighted by atomic mass is 10.0. The Morgan fingerprint density at radius 1 is 1.59 bits per heavy atom. The molecule has 22 heavy (non-hydrogen) atoms. The summed E-state index contributed by atoms with van der Waals surface area (Å²) >= 11 is 7.69. The lowest BCUT2D eigenvalue weighted by molar-refractivity contribution is -0.123. The lowest BCUT2D eigenvalue weighted by Crippen LogP contribution is -2.42. The number of carbonyl (C=O) groups is 1.